The van der Waals surface area contributed by atoms with Crippen LogP contribution in [-0.4, -0.2) is 14.4 Å². The van der Waals surface area contributed by atoms with Crippen molar-refractivity contribution in [1.29, 1.82) is 0 Å². The lowest BCUT2D eigenvalue weighted by Gasteiger charge is -2.40. The molecule has 0 heterocycles. The van der Waals surface area contributed by atoms with Gasteiger partial charge in [0.2, 0.25) is 0 Å². The molecule has 2 heteroatoms. The molecule has 0 rings (SSSR count). The highest BCUT2D eigenvalue weighted by atomic mass is 28.4. The molecule has 0 saturated heterocycles. The lowest BCUT2D eigenvalue weighted by Crippen LogP contribution is -2.45. The van der Waals surface area contributed by atoms with E-state index < -0.39 is 8.32 Å². The molecule has 0 saturated carbocycles. The Hall–Kier alpha value is -0.263. The lowest BCUT2D eigenvalue weighted by molar-refractivity contribution is 0.138. The van der Waals surface area contributed by atoms with E-state index in [2.05, 4.69) is 53.6 Å². The monoisotopic (exact) mass is 226 g/mol. The van der Waals surface area contributed by atoms with Crippen molar-refractivity contribution >= 4 is 8.32 Å². The van der Waals surface area contributed by atoms with E-state index in [-0.39, 0.29) is 11.1 Å². The van der Waals surface area contributed by atoms with Gasteiger partial charge < -0.3 is 4.43 Å². The molecular formula is C13H26OSi. The minimum absolute atomic E-state index is 0.218. The first-order valence-corrected chi connectivity index (χ1v) is 8.64. The normalized spacial score (nSPS) is 15.1. The molecule has 0 amide bonds. The minimum atomic E-state index is -1.66. The van der Waals surface area contributed by atoms with Crippen LogP contribution < -0.4 is 0 Å². The Morgan fingerprint density at radius 3 is 2.00 bits per heavy atom. The van der Waals surface area contributed by atoms with Crippen LogP contribution in [0.4, 0.5) is 0 Å². The summed E-state index contributed by atoms with van der Waals surface area (Å²) >= 11 is 0. The van der Waals surface area contributed by atoms with E-state index in [4.69, 9.17) is 10.8 Å². The molecule has 88 valence electrons. The van der Waals surface area contributed by atoms with E-state index in [1.165, 1.54) is 0 Å². The molecule has 0 radical (unpaired) electrons. The Kier molecular flexibility index (Phi) is 5.09. The predicted molar refractivity (Wildman–Crippen MR) is 70.4 cm³/mol. The van der Waals surface area contributed by atoms with Gasteiger partial charge in [0.15, 0.2) is 8.32 Å². The summed E-state index contributed by atoms with van der Waals surface area (Å²) < 4.78 is 6.30. The van der Waals surface area contributed by atoms with E-state index >= 15 is 0 Å². The maximum atomic E-state index is 6.30. The average Bonchev–Trinajstić information content (AvgIpc) is 2.00. The number of hydrogen-bond donors (Lipinski definition) is 0. The molecule has 0 aliphatic carbocycles. The molecule has 0 bridgehead atoms. The smallest absolute Gasteiger partial charge is 0.192 e. The van der Waals surface area contributed by atoms with Crippen LogP contribution >= 0.6 is 0 Å². The summed E-state index contributed by atoms with van der Waals surface area (Å²) in [6.45, 7) is 15.7. The molecule has 0 fully saturated rings. The number of terminal acetylenes is 1. The van der Waals surface area contributed by atoms with Crippen LogP contribution in [0.1, 0.15) is 41.0 Å². The highest BCUT2D eigenvalue weighted by molar-refractivity contribution is 6.74. The van der Waals surface area contributed by atoms with Crippen molar-refractivity contribution in [3.05, 3.63) is 0 Å². The van der Waals surface area contributed by atoms with Crippen LogP contribution in [0.2, 0.25) is 18.1 Å². The SMILES string of the molecule is C#CCC(O[Si](C)(C)C(C)(C)C)C(C)C. The molecule has 0 aliphatic heterocycles. The van der Waals surface area contributed by atoms with E-state index in [1.54, 1.807) is 0 Å². The van der Waals surface area contributed by atoms with Gasteiger partial charge in [-0.2, -0.15) is 0 Å². The van der Waals surface area contributed by atoms with Gasteiger partial charge in [0.1, 0.15) is 0 Å². The maximum Gasteiger partial charge on any atom is 0.192 e. The quantitative estimate of drug-likeness (QED) is 0.519. The van der Waals surface area contributed by atoms with Crippen molar-refractivity contribution in [2.75, 3.05) is 0 Å². The van der Waals surface area contributed by atoms with Crippen molar-refractivity contribution < 1.29 is 4.43 Å². The van der Waals surface area contributed by atoms with Crippen LogP contribution in [0.5, 0.6) is 0 Å². The zero-order chi connectivity index (χ0) is 12.3. The van der Waals surface area contributed by atoms with E-state index in [9.17, 15) is 0 Å². The summed E-state index contributed by atoms with van der Waals surface area (Å²) in [4.78, 5) is 0. The average molecular weight is 226 g/mol. The van der Waals surface area contributed by atoms with Gasteiger partial charge in [-0.25, -0.2) is 0 Å². The summed E-state index contributed by atoms with van der Waals surface area (Å²) in [5.41, 5.74) is 0. The van der Waals surface area contributed by atoms with Gasteiger partial charge in [0.25, 0.3) is 0 Å². The molecule has 0 aliphatic rings. The summed E-state index contributed by atoms with van der Waals surface area (Å²) in [6.07, 6.45) is 6.33. The summed E-state index contributed by atoms with van der Waals surface area (Å²) in [6, 6.07) is 0. The third-order valence-corrected chi connectivity index (χ3v) is 7.82. The molecular weight excluding hydrogens is 200 g/mol. The largest absolute Gasteiger partial charge is 0.413 e. The molecule has 0 spiro atoms. The van der Waals surface area contributed by atoms with Crippen molar-refractivity contribution in [3.63, 3.8) is 0 Å². The van der Waals surface area contributed by atoms with Crippen molar-refractivity contribution in [1.82, 2.24) is 0 Å². The molecule has 0 aromatic rings. The first kappa shape index (κ1) is 14.7. The topological polar surface area (TPSA) is 9.23 Å². The fourth-order valence-electron chi connectivity index (χ4n) is 1.08. The van der Waals surface area contributed by atoms with Crippen LogP contribution in [0, 0.1) is 18.3 Å². The fraction of sp³-hybridized carbons (Fsp3) is 0.846. The van der Waals surface area contributed by atoms with Crippen molar-refractivity contribution in [3.8, 4) is 12.3 Å². The molecule has 1 unspecified atom stereocenters. The number of rotatable bonds is 4. The minimum Gasteiger partial charge on any atom is -0.413 e. The molecule has 1 atom stereocenters. The van der Waals surface area contributed by atoms with E-state index in [1.807, 2.05) is 0 Å². The van der Waals surface area contributed by atoms with Crippen LogP contribution in [0.25, 0.3) is 0 Å². The highest BCUT2D eigenvalue weighted by Gasteiger charge is 2.39. The van der Waals surface area contributed by atoms with Gasteiger partial charge in [0.05, 0.1) is 6.10 Å². The van der Waals surface area contributed by atoms with Gasteiger partial charge in [-0.05, 0) is 24.1 Å². The first-order chi connectivity index (χ1) is 6.62. The van der Waals surface area contributed by atoms with Crippen LogP contribution in [0.15, 0.2) is 0 Å². The van der Waals surface area contributed by atoms with Gasteiger partial charge in [-0.15, -0.1) is 12.3 Å². The highest BCUT2D eigenvalue weighted by Crippen LogP contribution is 2.38. The second-order valence-electron chi connectivity index (χ2n) is 6.07. The van der Waals surface area contributed by atoms with Gasteiger partial charge in [0, 0.05) is 6.42 Å². The molecule has 1 nitrogen and oxygen atoms in total. The number of hydrogen-bond acceptors (Lipinski definition) is 1. The fourth-order valence-corrected chi connectivity index (χ4v) is 2.55. The Morgan fingerprint density at radius 2 is 1.73 bits per heavy atom. The van der Waals surface area contributed by atoms with Crippen LogP contribution in [-0.2, 0) is 4.43 Å². The van der Waals surface area contributed by atoms with Gasteiger partial charge >= 0.3 is 0 Å². The van der Waals surface area contributed by atoms with Crippen molar-refractivity contribution in [2.45, 2.75) is 65.3 Å². The second-order valence-corrected chi connectivity index (χ2v) is 10.8. The van der Waals surface area contributed by atoms with E-state index in [0.717, 1.165) is 6.42 Å². The standard InChI is InChI=1S/C13H26OSi/c1-9-10-12(11(2)3)14-15(7,8)13(4,5)6/h1,11-12H,10H2,2-8H3. The molecule has 0 aromatic carbocycles. The zero-order valence-electron chi connectivity index (χ0n) is 11.3. The summed E-state index contributed by atoms with van der Waals surface area (Å²) in [5.74, 6) is 3.22. The molecule has 0 N–H and O–H groups in total. The Labute approximate surface area is 96.7 Å². The van der Waals surface area contributed by atoms with Gasteiger partial charge in [-0.1, -0.05) is 34.6 Å². The Bertz CT molecular complexity index is 230. The van der Waals surface area contributed by atoms with Crippen molar-refractivity contribution in [2.24, 2.45) is 5.92 Å². The summed E-state index contributed by atoms with van der Waals surface area (Å²) in [7, 11) is -1.66. The predicted octanol–water partition coefficient (Wildman–Crippen LogP) is 4.06. The third kappa shape index (κ3) is 4.40. The Balaban J connectivity index is 4.61. The van der Waals surface area contributed by atoms with E-state index in [0.29, 0.717) is 5.92 Å². The first-order valence-electron chi connectivity index (χ1n) is 5.73. The Morgan fingerprint density at radius 1 is 1.27 bits per heavy atom. The third-order valence-electron chi connectivity index (χ3n) is 3.31. The van der Waals surface area contributed by atoms with Crippen LogP contribution in [0.3, 0.4) is 0 Å². The zero-order valence-corrected chi connectivity index (χ0v) is 12.3. The summed E-state index contributed by atoms with van der Waals surface area (Å²) in [5, 5.41) is 0.259. The molecule has 0 aromatic heterocycles. The molecule has 15 heavy (non-hydrogen) atoms. The lowest BCUT2D eigenvalue weighted by atomic mass is 10.1. The maximum absolute atomic E-state index is 6.30. The van der Waals surface area contributed by atoms with Gasteiger partial charge in [-0.3, -0.25) is 0 Å². The second kappa shape index (κ2) is 5.18.